The van der Waals surface area contributed by atoms with Crippen LogP contribution >= 0.6 is 0 Å². The van der Waals surface area contributed by atoms with Gasteiger partial charge in [0.05, 0.1) is 0 Å². The van der Waals surface area contributed by atoms with Crippen LogP contribution in [-0.2, 0) is 9.53 Å². The lowest BCUT2D eigenvalue weighted by Gasteiger charge is -1.89. The minimum atomic E-state index is 0. The number of hydrogen-bond donors (Lipinski definition) is 1. The van der Waals surface area contributed by atoms with Gasteiger partial charge in [-0.25, -0.2) is 0 Å². The van der Waals surface area contributed by atoms with Gasteiger partial charge in [-0.1, -0.05) is 0 Å². The second-order valence-electron chi connectivity index (χ2n) is 1.14. The maximum Gasteiger partial charge on any atom is 0.106 e. The molecule has 3 heteroatoms. The molecule has 0 amide bonds. The normalized spacial score (nSPS) is 7.25. The first-order chi connectivity index (χ1) is 3.91. The van der Waals surface area contributed by atoms with Gasteiger partial charge >= 0.3 is 0 Å². The molecular weight excluding hydrogens is 106 g/mol. The Morgan fingerprint density at radius 1 is 1.75 bits per heavy atom. The van der Waals surface area contributed by atoms with Gasteiger partial charge in [0, 0.05) is 15.1 Å². The molecule has 0 aromatic carbocycles. The van der Waals surface area contributed by atoms with Crippen LogP contribution in [-0.4, -0.2) is 27.1 Å². The molecule has 0 spiro atoms. The molecule has 0 radical (unpaired) electrons. The van der Waals surface area contributed by atoms with E-state index in [4.69, 9.17) is 15.3 Å². The van der Waals surface area contributed by atoms with E-state index >= 15 is 0 Å². The molecule has 0 fully saturated rings. The Kier molecular flexibility index (Phi) is 21.1. The number of carbonyl (C=O) groups is 1. The number of ether oxygens (including phenoxy) is 1. The van der Waals surface area contributed by atoms with Crippen molar-refractivity contribution in [2.75, 3.05) is 20.3 Å². The van der Waals surface area contributed by atoms with E-state index in [9.17, 15) is 0 Å². The largest absolute Gasteiger partial charge is 0.385 e. The zero-order chi connectivity index (χ0) is 6.83. The molecule has 0 saturated heterocycles. The van der Waals surface area contributed by atoms with Gasteiger partial charge < -0.3 is 15.3 Å². The van der Waals surface area contributed by atoms with Gasteiger partial charge in [-0.2, -0.15) is 0 Å². The van der Waals surface area contributed by atoms with Crippen molar-refractivity contribution in [2.45, 2.75) is 6.42 Å². The highest BCUT2D eigenvalue weighted by molar-refractivity contribution is 5.10. The van der Waals surface area contributed by atoms with E-state index in [1.54, 1.807) is 7.11 Å². The number of methoxy groups -OCH3 is 1. The Hall–Kier alpha value is -0.410. The average molecular weight is 121 g/mol. The fourth-order valence-electron chi connectivity index (χ4n) is 0.228. The van der Waals surface area contributed by atoms with E-state index in [0.717, 1.165) is 19.6 Å². The Balaban J connectivity index is -0.000000109. The molecule has 3 nitrogen and oxygen atoms in total. The van der Waals surface area contributed by atoms with Crippen LogP contribution in [0.4, 0.5) is 0 Å². The minimum Gasteiger partial charge on any atom is -0.385 e. The van der Waals surface area contributed by atoms with Crippen molar-refractivity contribution in [3.63, 3.8) is 0 Å². The van der Waals surface area contributed by atoms with E-state index < -0.39 is 0 Å². The van der Waals surface area contributed by atoms with Crippen LogP contribution in [0.15, 0.2) is 0 Å². The molecule has 0 aliphatic carbocycles. The van der Waals surface area contributed by atoms with Crippen LogP contribution in [0.2, 0.25) is 0 Å². The number of carbonyl (C=O) groups excluding carboxylic acids is 1. The molecule has 2 N–H and O–H groups in total. The topological polar surface area (TPSA) is 52.3 Å². The van der Waals surface area contributed by atoms with E-state index in [1.165, 1.54) is 0 Å². The first-order valence-electron chi connectivity index (χ1n) is 2.39. The first-order valence-corrected chi connectivity index (χ1v) is 2.39. The maximum absolute atomic E-state index is 8.00. The summed E-state index contributed by atoms with van der Waals surface area (Å²) in [7, 11) is 1.68. The fourth-order valence-corrected chi connectivity index (χ4v) is 0.228. The zero-order valence-electron chi connectivity index (χ0n) is 5.22. The molecule has 0 aliphatic heterocycles. The van der Waals surface area contributed by atoms with Gasteiger partial charge in [0.2, 0.25) is 0 Å². The monoisotopic (exact) mass is 121 g/mol. The van der Waals surface area contributed by atoms with Crippen molar-refractivity contribution in [1.82, 2.24) is 0 Å². The fraction of sp³-hybridized carbons (Fsp3) is 0.800. The summed E-state index contributed by atoms with van der Waals surface area (Å²) in [5.41, 5.74) is 5.13. The average Bonchev–Trinajstić information content (AvgIpc) is 1.88. The summed E-state index contributed by atoms with van der Waals surface area (Å²) >= 11 is 0. The molecule has 0 aliphatic rings. The molecule has 0 aromatic heterocycles. The Morgan fingerprint density at radius 3 is 2.38 bits per heavy atom. The Bertz CT molecular complexity index is 34.1. The zero-order valence-corrected chi connectivity index (χ0v) is 5.22. The van der Waals surface area contributed by atoms with Crippen LogP contribution in [0, 0.1) is 0 Å². The highest BCUT2D eigenvalue weighted by Crippen LogP contribution is 1.70. The predicted molar refractivity (Wildman–Crippen MR) is 34.8 cm³/mol. The molecule has 0 atom stereocenters. The molecule has 8 heavy (non-hydrogen) atoms. The summed E-state index contributed by atoms with van der Waals surface area (Å²) in [4.78, 5) is 8.00. The highest BCUT2D eigenvalue weighted by atomic mass is 16.5. The smallest absolute Gasteiger partial charge is 0.106 e. The quantitative estimate of drug-likeness (QED) is 0.536. The van der Waals surface area contributed by atoms with Crippen molar-refractivity contribution < 1.29 is 11.0 Å². The van der Waals surface area contributed by atoms with Crippen molar-refractivity contribution in [2.24, 2.45) is 5.73 Å². The van der Waals surface area contributed by atoms with E-state index in [-0.39, 0.29) is 1.43 Å². The van der Waals surface area contributed by atoms with Crippen LogP contribution in [0.5, 0.6) is 0 Å². The number of nitrogens with two attached hydrogens (primary N) is 1. The first kappa shape index (κ1) is 10.5. The molecular formula is C5H15NO2. The molecule has 52 valence electrons. The molecule has 0 saturated carbocycles. The van der Waals surface area contributed by atoms with Gasteiger partial charge in [-0.3, -0.25) is 0 Å². The lowest BCUT2D eigenvalue weighted by Crippen LogP contribution is -2.01. The molecule has 0 unspecified atom stereocenters. The van der Waals surface area contributed by atoms with Gasteiger partial charge in [-0.05, 0) is 13.0 Å². The molecule has 0 bridgehead atoms. The van der Waals surface area contributed by atoms with E-state index in [1.807, 2.05) is 6.79 Å². The van der Waals surface area contributed by atoms with Crippen molar-refractivity contribution in [1.29, 1.82) is 0 Å². The molecule has 0 rings (SSSR count). The van der Waals surface area contributed by atoms with E-state index in [2.05, 4.69) is 0 Å². The third-order valence-electron chi connectivity index (χ3n) is 0.553. The SMILES string of the molecule is C=O.COCCCN.[HH]. The second kappa shape index (κ2) is 16.0. The summed E-state index contributed by atoms with van der Waals surface area (Å²) < 4.78 is 4.70. The van der Waals surface area contributed by atoms with Crippen LogP contribution < -0.4 is 5.73 Å². The molecule has 0 heterocycles. The van der Waals surface area contributed by atoms with Crippen LogP contribution in [0.1, 0.15) is 7.85 Å². The van der Waals surface area contributed by atoms with Crippen LogP contribution in [0.25, 0.3) is 0 Å². The maximum atomic E-state index is 8.00. The summed E-state index contributed by atoms with van der Waals surface area (Å²) in [5, 5.41) is 0. The third kappa shape index (κ3) is 17.6. The number of rotatable bonds is 3. The van der Waals surface area contributed by atoms with Crippen molar-refractivity contribution >= 4 is 6.79 Å². The Morgan fingerprint density at radius 2 is 2.25 bits per heavy atom. The van der Waals surface area contributed by atoms with E-state index in [0.29, 0.717) is 0 Å². The van der Waals surface area contributed by atoms with Gasteiger partial charge in [0.15, 0.2) is 0 Å². The van der Waals surface area contributed by atoms with Crippen molar-refractivity contribution in [3.8, 4) is 0 Å². The Labute approximate surface area is 51.3 Å². The summed E-state index contributed by atoms with van der Waals surface area (Å²) in [5.74, 6) is 0. The summed E-state index contributed by atoms with van der Waals surface area (Å²) in [6.45, 7) is 3.52. The van der Waals surface area contributed by atoms with Gasteiger partial charge in [0.25, 0.3) is 0 Å². The van der Waals surface area contributed by atoms with Crippen LogP contribution in [0.3, 0.4) is 0 Å². The highest BCUT2D eigenvalue weighted by Gasteiger charge is 1.74. The predicted octanol–water partition coefficient (Wildman–Crippen LogP) is 0.0427. The number of hydrogen-bond acceptors (Lipinski definition) is 3. The van der Waals surface area contributed by atoms with Gasteiger partial charge in [-0.15, -0.1) is 0 Å². The molecule has 0 aromatic rings. The third-order valence-corrected chi connectivity index (χ3v) is 0.553. The lowest BCUT2D eigenvalue weighted by molar-refractivity contribution is -0.0979. The lowest BCUT2D eigenvalue weighted by atomic mass is 10.5. The second-order valence-corrected chi connectivity index (χ2v) is 1.14. The summed E-state index contributed by atoms with van der Waals surface area (Å²) in [6.07, 6.45) is 0.969. The van der Waals surface area contributed by atoms with Crippen molar-refractivity contribution in [3.05, 3.63) is 0 Å². The summed E-state index contributed by atoms with van der Waals surface area (Å²) in [6, 6.07) is 0. The minimum absolute atomic E-state index is 0. The van der Waals surface area contributed by atoms with Gasteiger partial charge in [0.1, 0.15) is 6.79 Å². The standard InChI is InChI=1S/C4H11NO.CH2O.H2/c1-6-4-2-3-5;1-2;/h2-5H2,1H3;1H2;1H.